The van der Waals surface area contributed by atoms with Gasteiger partial charge in [0.25, 0.3) is 0 Å². The maximum atomic E-state index is 11.2. The second kappa shape index (κ2) is 71.7. The molecule has 2 saturated carbocycles. The molecular formula is C127H149N3O15. The average molecular weight is 1960 g/mol. The van der Waals surface area contributed by atoms with Crippen molar-refractivity contribution in [1.82, 2.24) is 0 Å². The zero-order valence-corrected chi connectivity index (χ0v) is 85.7. The Kier molecular flexibility index (Phi) is 58.0. The quantitative estimate of drug-likeness (QED) is 0.0113. The van der Waals surface area contributed by atoms with Crippen LogP contribution in [0, 0.1) is 45.8 Å². The van der Waals surface area contributed by atoms with Crippen molar-refractivity contribution in [2.45, 2.75) is 244 Å². The first-order chi connectivity index (χ1) is 70.8. The predicted molar refractivity (Wildman–Crippen MR) is 583 cm³/mol. The lowest BCUT2D eigenvalue weighted by Crippen LogP contribution is -2.13. The fourth-order valence-electron chi connectivity index (χ4n) is 16.8. The van der Waals surface area contributed by atoms with E-state index in [4.69, 9.17) is 58.4 Å². The van der Waals surface area contributed by atoms with Crippen molar-refractivity contribution in [3.8, 4) is 97.2 Å². The molecular weight excluding hydrogens is 1810 g/mol. The van der Waals surface area contributed by atoms with Crippen LogP contribution in [0.15, 0.2) is 319 Å². The molecule has 0 atom stereocenters. The molecule has 0 unspecified atom stereocenters. The van der Waals surface area contributed by atoms with E-state index in [1.165, 1.54) is 188 Å². The van der Waals surface area contributed by atoms with Gasteiger partial charge in [-0.2, -0.15) is 15.8 Å². The summed E-state index contributed by atoms with van der Waals surface area (Å²) in [5.74, 6) is 5.13. The van der Waals surface area contributed by atoms with Gasteiger partial charge in [0.15, 0.2) is 0 Å². The fraction of sp³-hybridized carbons (Fsp3) is 0.362. The lowest BCUT2D eigenvalue weighted by atomic mass is 9.77. The second-order valence-corrected chi connectivity index (χ2v) is 36.0. The summed E-state index contributed by atoms with van der Waals surface area (Å²) >= 11 is 0. The van der Waals surface area contributed by atoms with E-state index in [0.717, 1.165) is 163 Å². The van der Waals surface area contributed by atoms with Crippen LogP contribution in [0.4, 0.5) is 0 Å². The van der Waals surface area contributed by atoms with Gasteiger partial charge in [0, 0.05) is 36.5 Å². The van der Waals surface area contributed by atoms with E-state index in [2.05, 4.69) is 139 Å². The van der Waals surface area contributed by atoms with Gasteiger partial charge < -0.3 is 42.6 Å². The topological polar surface area (TPSA) is 257 Å². The van der Waals surface area contributed by atoms with E-state index in [1.807, 2.05) is 146 Å². The zero-order valence-electron chi connectivity index (χ0n) is 85.7. The van der Waals surface area contributed by atoms with Gasteiger partial charge in [-0.1, -0.05) is 277 Å². The number of benzene rings is 10. The molecule has 18 heteroatoms. The van der Waals surface area contributed by atoms with Crippen LogP contribution >= 0.6 is 0 Å². The van der Waals surface area contributed by atoms with Gasteiger partial charge >= 0.3 is 35.8 Å². The van der Waals surface area contributed by atoms with Gasteiger partial charge in [-0.05, 0) is 322 Å². The number of nitrogens with zero attached hydrogens (tertiary/aromatic N) is 3. The highest BCUT2D eigenvalue weighted by molar-refractivity contribution is 5.85. The second-order valence-electron chi connectivity index (χ2n) is 36.0. The van der Waals surface area contributed by atoms with Crippen LogP contribution in [-0.4, -0.2) is 75.5 Å². The molecule has 0 saturated heterocycles. The molecule has 2 fully saturated rings. The number of rotatable bonds is 52. The number of carbonyl (C=O) groups excluding carboxylic acids is 6. The largest absolute Gasteiger partial charge is 0.494 e. The lowest BCUT2D eigenvalue weighted by Gasteiger charge is -2.29. The molecule has 0 aromatic heterocycles. The Morgan fingerprint density at radius 2 is 0.490 bits per heavy atom. The summed E-state index contributed by atoms with van der Waals surface area (Å²) in [4.78, 5) is 66.0. The lowest BCUT2D eigenvalue weighted by molar-refractivity contribution is -0.138. The van der Waals surface area contributed by atoms with Gasteiger partial charge in [0.2, 0.25) is 0 Å². The van der Waals surface area contributed by atoms with E-state index in [0.29, 0.717) is 72.9 Å². The van der Waals surface area contributed by atoms with Gasteiger partial charge in [-0.25, -0.2) is 28.8 Å². The Hall–Kier alpha value is -14.7. The highest BCUT2D eigenvalue weighted by atomic mass is 16.6. The number of hydrogen-bond donors (Lipinski definition) is 0. The van der Waals surface area contributed by atoms with Gasteiger partial charge in [0.05, 0.1) is 74.5 Å². The molecule has 2 aliphatic carbocycles. The standard InChI is InChI=1S/C26H40O3.C25H32O2.C22H23NO3.C20H19NO3.C18H24O2.C16H11NO2/c1-3-5-8-11-22-12-14-23(15-13-22)24-16-18-25(19-17-24)28-20-9-6-7-10-21-29-26(27)4-2;1-3-5-6-7-8-9-10-11-12-21-13-15-22(16-14-21)23-17-19-24(20-18-23)27-25(26)4-2;1-2-22(24)26-16-6-4-3-5-15-25-21-13-11-20(12-14-21)19-9-7-18(17-23)8-10-19;1-2-20(22)24-14-4-3-13-23-19-11-9-18(10-12-19)17-7-5-16(15-21)6-8-17;1-3-5-14-6-8-15(9-7-14)16-10-12-17(13-11-16)20-18(19)4-2;1-2-16(18)19-15-9-7-14(8-10-15)13-5-3-12(11-17)4-6-13/h4,16-19,22-23H,2-3,5-15,20-21H2,1H3;4,13-20H,2-3,5-12H2,1H3;2,7-14H,1,3-6,15-16H2;2,5-12H,1,3-4,13-14H2;4,10-15H,2-3,5-9H2,1H3;2-10H,1H2. The number of carbonyl (C=O) groups is 6. The monoisotopic (exact) mass is 1960 g/mol. The summed E-state index contributed by atoms with van der Waals surface area (Å²) in [7, 11) is 0. The van der Waals surface area contributed by atoms with Crippen LogP contribution in [-0.2, 0) is 49.4 Å². The summed E-state index contributed by atoms with van der Waals surface area (Å²) in [6, 6.07) is 84.6. The van der Waals surface area contributed by atoms with Crippen molar-refractivity contribution in [2.75, 3.05) is 39.6 Å². The third kappa shape index (κ3) is 48.3. The number of aryl methyl sites for hydroxylation is 1. The Morgan fingerprint density at radius 3 is 0.786 bits per heavy atom. The minimum atomic E-state index is -0.480. The highest BCUT2D eigenvalue weighted by Crippen LogP contribution is 2.41. The highest BCUT2D eigenvalue weighted by Gasteiger charge is 2.24. The summed E-state index contributed by atoms with van der Waals surface area (Å²) in [6.45, 7) is 30.3. The first kappa shape index (κ1) is 117. The van der Waals surface area contributed by atoms with Crippen molar-refractivity contribution in [2.24, 2.45) is 11.8 Å². The SMILES string of the molecule is C=CC(=O)OCCCCCCOc1ccc(-c2ccc(C#N)cc2)cc1.C=CC(=O)OCCCCCCOc1ccc(C2CCC(CCCCC)CC2)cc1.C=CC(=O)OCCCCOc1ccc(-c2ccc(C#N)cc2)cc1.C=CC(=O)Oc1ccc(-c2ccc(C#N)cc2)cc1.C=CC(=O)Oc1ccc(-c2ccc(CCCCCCCCCC)cc2)cc1.C=CC(=O)Oc1ccc(C2CCC(CCC)CC2)cc1. The maximum absolute atomic E-state index is 11.2. The molecule has 0 N–H and O–H groups in total. The molecule has 0 radical (unpaired) electrons. The van der Waals surface area contributed by atoms with Crippen molar-refractivity contribution in [3.63, 3.8) is 0 Å². The molecule has 2 aliphatic rings. The number of esters is 6. The summed E-state index contributed by atoms with van der Waals surface area (Å²) in [5, 5.41) is 26.4. The number of hydrogen-bond acceptors (Lipinski definition) is 18. The van der Waals surface area contributed by atoms with Crippen molar-refractivity contribution in [3.05, 3.63) is 352 Å². The van der Waals surface area contributed by atoms with Gasteiger partial charge in [-0.15, -0.1) is 0 Å². The van der Waals surface area contributed by atoms with E-state index in [1.54, 1.807) is 36.4 Å². The Bertz CT molecular complexity index is 5580. The van der Waals surface area contributed by atoms with E-state index in [9.17, 15) is 28.8 Å². The Labute approximate surface area is 862 Å². The minimum Gasteiger partial charge on any atom is -0.494 e. The molecule has 10 aromatic carbocycles. The Balaban J connectivity index is 0.000000237. The molecule has 762 valence electrons. The van der Waals surface area contributed by atoms with E-state index >= 15 is 0 Å². The summed E-state index contributed by atoms with van der Waals surface area (Å²) < 4.78 is 47.3. The summed E-state index contributed by atoms with van der Waals surface area (Å²) in [6.07, 6.45) is 47.6. The van der Waals surface area contributed by atoms with Gasteiger partial charge in [-0.3, -0.25) is 0 Å². The van der Waals surface area contributed by atoms with E-state index < -0.39 is 23.9 Å². The Morgan fingerprint density at radius 1 is 0.255 bits per heavy atom. The average Bonchev–Trinajstić information content (AvgIpc) is 0.858. The van der Waals surface area contributed by atoms with Crippen LogP contribution in [0.5, 0.6) is 34.5 Å². The van der Waals surface area contributed by atoms with Crippen molar-refractivity contribution < 1.29 is 71.4 Å². The smallest absolute Gasteiger partial charge is 0.335 e. The van der Waals surface area contributed by atoms with Gasteiger partial charge in [0.1, 0.15) is 34.5 Å². The normalized spacial score (nSPS) is 13.5. The maximum Gasteiger partial charge on any atom is 0.335 e. The molecule has 0 bridgehead atoms. The van der Waals surface area contributed by atoms with Crippen LogP contribution in [0.2, 0.25) is 0 Å². The molecule has 0 spiro atoms. The number of ether oxygens (including phenoxy) is 9. The zero-order chi connectivity index (χ0) is 104. The molecule has 12 rings (SSSR count). The van der Waals surface area contributed by atoms with Crippen molar-refractivity contribution in [1.29, 1.82) is 15.8 Å². The van der Waals surface area contributed by atoms with E-state index in [-0.39, 0.29) is 11.9 Å². The number of nitriles is 3. The third-order valence-electron chi connectivity index (χ3n) is 25.2. The molecule has 18 nitrogen and oxygen atoms in total. The first-order valence-corrected chi connectivity index (χ1v) is 51.9. The molecule has 0 heterocycles. The number of unbranched alkanes of at least 4 members (excludes halogenated alkanes) is 16. The summed E-state index contributed by atoms with van der Waals surface area (Å²) in [5.41, 5.74) is 14.8. The molecule has 0 amide bonds. The first-order valence-electron chi connectivity index (χ1n) is 51.9. The van der Waals surface area contributed by atoms with Crippen LogP contribution in [0.1, 0.15) is 271 Å². The molecule has 10 aromatic rings. The van der Waals surface area contributed by atoms with Crippen LogP contribution in [0.25, 0.3) is 44.5 Å². The fourth-order valence-corrected chi connectivity index (χ4v) is 16.8. The van der Waals surface area contributed by atoms with Crippen molar-refractivity contribution >= 4 is 35.8 Å². The van der Waals surface area contributed by atoms with Crippen LogP contribution < -0.4 is 28.4 Å². The minimum absolute atomic E-state index is 0.336. The molecule has 0 aliphatic heterocycles. The predicted octanol–water partition coefficient (Wildman–Crippen LogP) is 31.5. The van der Waals surface area contributed by atoms with Crippen LogP contribution in [0.3, 0.4) is 0 Å². The molecule has 145 heavy (non-hydrogen) atoms. The third-order valence-corrected chi connectivity index (χ3v) is 25.2.